The van der Waals surface area contributed by atoms with Crippen molar-refractivity contribution in [3.05, 3.63) is 54.7 Å². The predicted molar refractivity (Wildman–Crippen MR) is 83.1 cm³/mol. The molecule has 0 aliphatic heterocycles. The molecule has 2 rings (SSSR count). The lowest BCUT2D eigenvalue weighted by atomic mass is 10.2. The summed E-state index contributed by atoms with van der Waals surface area (Å²) in [7, 11) is 0. The van der Waals surface area contributed by atoms with Crippen molar-refractivity contribution >= 4 is 51.4 Å². The number of nitrogens with one attached hydrogen (secondary N) is 1. The first-order chi connectivity index (χ1) is 8.95. The van der Waals surface area contributed by atoms with E-state index in [0.717, 1.165) is 14.8 Å². The molecule has 0 bridgehead atoms. The van der Waals surface area contributed by atoms with Crippen molar-refractivity contribution in [2.75, 3.05) is 5.32 Å². The Bertz CT molecular complexity index is 649. The van der Waals surface area contributed by atoms with E-state index in [4.69, 9.17) is 11.6 Å². The molecule has 0 spiro atoms. The van der Waals surface area contributed by atoms with Gasteiger partial charge in [-0.15, -0.1) is 0 Å². The van der Waals surface area contributed by atoms with Crippen LogP contribution in [0, 0.1) is 20.6 Å². The van der Waals surface area contributed by atoms with E-state index in [0.29, 0.717) is 5.82 Å². The van der Waals surface area contributed by atoms with E-state index in [9.17, 15) is 10.1 Å². The van der Waals surface area contributed by atoms with Crippen LogP contribution in [0.25, 0.3) is 0 Å². The van der Waals surface area contributed by atoms with Crippen LogP contribution in [0.4, 0.5) is 17.2 Å². The number of halogens is 2. The van der Waals surface area contributed by atoms with Crippen molar-refractivity contribution in [1.29, 1.82) is 0 Å². The average Bonchev–Trinajstić information content (AvgIpc) is 2.33. The minimum absolute atomic E-state index is 0.0833. The van der Waals surface area contributed by atoms with Crippen LogP contribution < -0.4 is 5.32 Å². The summed E-state index contributed by atoms with van der Waals surface area (Å²) < 4.78 is 1.06. The minimum Gasteiger partial charge on any atom is -0.340 e. The summed E-state index contributed by atoms with van der Waals surface area (Å²) >= 11 is 7.97. The second kappa shape index (κ2) is 5.70. The van der Waals surface area contributed by atoms with Gasteiger partial charge in [0.2, 0.25) is 0 Å². The molecule has 1 heterocycles. The van der Waals surface area contributed by atoms with Crippen molar-refractivity contribution in [2.24, 2.45) is 0 Å². The van der Waals surface area contributed by atoms with Crippen LogP contribution in [0.1, 0.15) is 5.56 Å². The lowest BCUT2D eigenvalue weighted by Gasteiger charge is -2.09. The van der Waals surface area contributed by atoms with Gasteiger partial charge in [-0.2, -0.15) is 0 Å². The summed E-state index contributed by atoms with van der Waals surface area (Å²) in [6.07, 6.45) is 0. The fourth-order valence-electron chi connectivity index (χ4n) is 1.52. The molecule has 2 aromatic rings. The van der Waals surface area contributed by atoms with Gasteiger partial charge in [-0.3, -0.25) is 10.1 Å². The molecule has 0 radical (unpaired) electrons. The van der Waals surface area contributed by atoms with E-state index < -0.39 is 4.92 Å². The zero-order valence-corrected chi connectivity index (χ0v) is 12.8. The molecule has 5 nitrogen and oxygen atoms in total. The molecular formula is C12H9ClIN3O2. The summed E-state index contributed by atoms with van der Waals surface area (Å²) in [4.78, 5) is 14.3. The van der Waals surface area contributed by atoms with Crippen LogP contribution in [0.2, 0.25) is 5.15 Å². The first kappa shape index (κ1) is 14.0. The van der Waals surface area contributed by atoms with Gasteiger partial charge in [-0.25, -0.2) is 4.98 Å². The molecule has 0 aliphatic rings. The number of hydrogen-bond donors (Lipinski definition) is 1. The molecule has 1 aromatic carbocycles. The fourth-order valence-corrected chi connectivity index (χ4v) is 2.21. The summed E-state index contributed by atoms with van der Waals surface area (Å²) in [5, 5.41) is 13.9. The fraction of sp³-hybridized carbons (Fsp3) is 0.0833. The van der Waals surface area contributed by atoms with Gasteiger partial charge in [-0.05, 0) is 47.2 Å². The van der Waals surface area contributed by atoms with Gasteiger partial charge in [0.1, 0.15) is 11.0 Å². The second-order valence-corrected chi connectivity index (χ2v) is 5.51. The Kier molecular flexibility index (Phi) is 4.20. The number of nitro groups is 1. The molecule has 1 N–H and O–H groups in total. The molecule has 98 valence electrons. The van der Waals surface area contributed by atoms with Crippen molar-refractivity contribution < 1.29 is 4.92 Å². The van der Waals surface area contributed by atoms with Crippen LogP contribution in [-0.2, 0) is 0 Å². The number of anilines is 2. The zero-order valence-electron chi connectivity index (χ0n) is 9.85. The van der Waals surface area contributed by atoms with E-state index in [2.05, 4.69) is 32.9 Å². The third kappa shape index (κ3) is 3.54. The van der Waals surface area contributed by atoms with E-state index in [1.165, 1.54) is 12.1 Å². The topological polar surface area (TPSA) is 68.1 Å². The van der Waals surface area contributed by atoms with E-state index in [-0.39, 0.29) is 10.8 Å². The Morgan fingerprint density at radius 2 is 2.11 bits per heavy atom. The van der Waals surface area contributed by atoms with Gasteiger partial charge in [0.25, 0.3) is 5.69 Å². The number of nitrogens with zero attached hydrogens (tertiary/aromatic N) is 2. The van der Waals surface area contributed by atoms with E-state index in [1.54, 1.807) is 0 Å². The molecule has 0 aliphatic carbocycles. The molecule has 19 heavy (non-hydrogen) atoms. The van der Waals surface area contributed by atoms with E-state index >= 15 is 0 Å². The standard InChI is InChI=1S/C12H9ClIN3O2/c1-7-2-3-8(14)4-10(7)15-12-6-9(17(18)19)5-11(13)16-12/h2-6H,1H3,(H,15,16). The Morgan fingerprint density at radius 3 is 2.79 bits per heavy atom. The Morgan fingerprint density at radius 1 is 1.37 bits per heavy atom. The summed E-state index contributed by atoms with van der Waals surface area (Å²) in [6, 6.07) is 8.45. The minimum atomic E-state index is -0.500. The van der Waals surface area contributed by atoms with Crippen molar-refractivity contribution in [2.45, 2.75) is 6.92 Å². The lowest BCUT2D eigenvalue weighted by molar-refractivity contribution is -0.384. The largest absolute Gasteiger partial charge is 0.340 e. The van der Waals surface area contributed by atoms with Crippen LogP contribution >= 0.6 is 34.2 Å². The van der Waals surface area contributed by atoms with Crippen LogP contribution in [0.15, 0.2) is 30.3 Å². The Hall–Kier alpha value is -1.41. The first-order valence-electron chi connectivity index (χ1n) is 5.31. The Labute approximate surface area is 128 Å². The lowest BCUT2D eigenvalue weighted by Crippen LogP contribution is -1.98. The van der Waals surface area contributed by atoms with Crippen molar-refractivity contribution in [3.8, 4) is 0 Å². The van der Waals surface area contributed by atoms with Crippen LogP contribution in [0.5, 0.6) is 0 Å². The Balaban J connectivity index is 2.38. The van der Waals surface area contributed by atoms with Crippen LogP contribution in [0.3, 0.4) is 0 Å². The van der Waals surface area contributed by atoms with Gasteiger partial charge in [0.15, 0.2) is 0 Å². The summed E-state index contributed by atoms with van der Waals surface area (Å²) in [5.41, 5.74) is 1.77. The third-order valence-corrected chi connectivity index (χ3v) is 3.32. The van der Waals surface area contributed by atoms with Gasteiger partial charge in [0.05, 0.1) is 17.1 Å². The second-order valence-electron chi connectivity index (χ2n) is 3.87. The molecule has 0 amide bonds. The number of rotatable bonds is 3. The third-order valence-electron chi connectivity index (χ3n) is 2.45. The highest BCUT2D eigenvalue weighted by molar-refractivity contribution is 14.1. The number of hydrogen-bond acceptors (Lipinski definition) is 4. The predicted octanol–water partition coefficient (Wildman–Crippen LogP) is 4.30. The van der Waals surface area contributed by atoms with Crippen molar-refractivity contribution in [3.63, 3.8) is 0 Å². The monoisotopic (exact) mass is 389 g/mol. The molecule has 0 saturated carbocycles. The van der Waals surface area contributed by atoms with Crippen LogP contribution in [-0.4, -0.2) is 9.91 Å². The molecule has 1 aromatic heterocycles. The maximum atomic E-state index is 10.8. The molecule has 0 atom stereocenters. The molecule has 0 unspecified atom stereocenters. The SMILES string of the molecule is Cc1ccc(I)cc1Nc1cc([N+](=O)[O-])cc(Cl)n1. The quantitative estimate of drug-likeness (QED) is 0.368. The normalized spacial score (nSPS) is 10.3. The van der Waals surface area contributed by atoms with Gasteiger partial charge in [0, 0.05) is 9.26 Å². The summed E-state index contributed by atoms with van der Waals surface area (Å²) in [5.74, 6) is 0.351. The maximum Gasteiger partial charge on any atom is 0.276 e. The van der Waals surface area contributed by atoms with E-state index in [1.807, 2.05) is 25.1 Å². The maximum absolute atomic E-state index is 10.8. The zero-order chi connectivity index (χ0) is 14.0. The molecule has 0 saturated heterocycles. The first-order valence-corrected chi connectivity index (χ1v) is 6.76. The van der Waals surface area contributed by atoms with Crippen molar-refractivity contribution in [1.82, 2.24) is 4.98 Å². The molecule has 0 fully saturated rings. The van der Waals surface area contributed by atoms with Gasteiger partial charge >= 0.3 is 0 Å². The summed E-state index contributed by atoms with van der Waals surface area (Å²) in [6.45, 7) is 1.94. The highest BCUT2D eigenvalue weighted by Gasteiger charge is 2.11. The molecular weight excluding hydrogens is 381 g/mol. The highest BCUT2D eigenvalue weighted by atomic mass is 127. The number of pyridine rings is 1. The number of aromatic nitrogens is 1. The van der Waals surface area contributed by atoms with Gasteiger partial charge < -0.3 is 5.32 Å². The van der Waals surface area contributed by atoms with Gasteiger partial charge in [-0.1, -0.05) is 17.7 Å². The number of aryl methyl sites for hydroxylation is 1. The average molecular weight is 390 g/mol. The number of benzene rings is 1. The smallest absolute Gasteiger partial charge is 0.276 e. The highest BCUT2D eigenvalue weighted by Crippen LogP contribution is 2.26. The molecule has 7 heteroatoms.